The lowest BCUT2D eigenvalue weighted by Gasteiger charge is -2.14. The van der Waals surface area contributed by atoms with Crippen LogP contribution in [0.4, 0.5) is 13.2 Å². The van der Waals surface area contributed by atoms with Crippen molar-refractivity contribution in [1.82, 2.24) is 0 Å². The fourth-order valence-electron chi connectivity index (χ4n) is 1.90. The van der Waals surface area contributed by atoms with Crippen LogP contribution in [0.3, 0.4) is 0 Å². The topological polar surface area (TPSA) is 35.2 Å². The van der Waals surface area contributed by atoms with E-state index in [2.05, 4.69) is 11.7 Å². The summed E-state index contributed by atoms with van der Waals surface area (Å²) >= 11 is 0. The molecule has 2 N–H and O–H groups in total. The Kier molecular flexibility index (Phi) is 6.15. The SMILES string of the molecule is CCCCCCC(N)c1cccc(OC(F)(F)F)c1. The monoisotopic (exact) mass is 275 g/mol. The van der Waals surface area contributed by atoms with Crippen molar-refractivity contribution in [3.05, 3.63) is 29.8 Å². The first-order chi connectivity index (χ1) is 8.92. The highest BCUT2D eigenvalue weighted by Crippen LogP contribution is 2.26. The molecule has 0 radical (unpaired) electrons. The van der Waals surface area contributed by atoms with E-state index in [1.54, 1.807) is 6.07 Å². The van der Waals surface area contributed by atoms with Gasteiger partial charge in [-0.05, 0) is 24.1 Å². The number of benzene rings is 1. The Hall–Kier alpha value is -1.23. The van der Waals surface area contributed by atoms with Crippen molar-refractivity contribution in [1.29, 1.82) is 0 Å². The molecule has 0 aromatic heterocycles. The third-order valence-corrected chi connectivity index (χ3v) is 2.89. The largest absolute Gasteiger partial charge is 0.573 e. The summed E-state index contributed by atoms with van der Waals surface area (Å²) < 4.78 is 40.2. The number of hydrogen-bond donors (Lipinski definition) is 1. The van der Waals surface area contributed by atoms with E-state index in [0.717, 1.165) is 32.1 Å². The Morgan fingerprint density at radius 1 is 1.21 bits per heavy atom. The minimum atomic E-state index is -4.66. The molecule has 1 aromatic rings. The van der Waals surface area contributed by atoms with E-state index < -0.39 is 6.36 Å². The number of unbranched alkanes of at least 4 members (excludes halogenated alkanes) is 3. The zero-order valence-corrected chi connectivity index (χ0v) is 11.0. The van der Waals surface area contributed by atoms with Gasteiger partial charge in [-0.25, -0.2) is 0 Å². The van der Waals surface area contributed by atoms with Crippen LogP contribution in [0, 0.1) is 0 Å². The van der Waals surface area contributed by atoms with Gasteiger partial charge in [-0.1, -0.05) is 44.7 Å². The Morgan fingerprint density at radius 3 is 2.58 bits per heavy atom. The second kappa shape index (κ2) is 7.38. The van der Waals surface area contributed by atoms with E-state index >= 15 is 0 Å². The maximum absolute atomic E-state index is 12.1. The van der Waals surface area contributed by atoms with Crippen LogP contribution in [0.5, 0.6) is 5.75 Å². The van der Waals surface area contributed by atoms with Crippen LogP contribution in [-0.2, 0) is 0 Å². The average Bonchev–Trinajstić information content (AvgIpc) is 2.32. The first-order valence-corrected chi connectivity index (χ1v) is 6.53. The van der Waals surface area contributed by atoms with Crippen molar-refractivity contribution in [3.63, 3.8) is 0 Å². The van der Waals surface area contributed by atoms with Gasteiger partial charge in [0.1, 0.15) is 5.75 Å². The molecule has 5 heteroatoms. The summed E-state index contributed by atoms with van der Waals surface area (Å²) in [5.74, 6) is -0.214. The van der Waals surface area contributed by atoms with Gasteiger partial charge in [-0.3, -0.25) is 0 Å². The Balaban J connectivity index is 2.55. The van der Waals surface area contributed by atoms with Crippen LogP contribution in [0.1, 0.15) is 50.6 Å². The summed E-state index contributed by atoms with van der Waals surface area (Å²) in [5, 5.41) is 0. The van der Waals surface area contributed by atoms with E-state index in [9.17, 15) is 13.2 Å². The zero-order valence-electron chi connectivity index (χ0n) is 11.0. The Bertz CT molecular complexity index is 379. The number of rotatable bonds is 7. The molecule has 0 amide bonds. The predicted octanol–water partition coefficient (Wildman–Crippen LogP) is 4.56. The maximum atomic E-state index is 12.1. The van der Waals surface area contributed by atoms with Gasteiger partial charge in [0.15, 0.2) is 0 Å². The van der Waals surface area contributed by atoms with E-state index in [4.69, 9.17) is 5.73 Å². The molecule has 19 heavy (non-hydrogen) atoms. The van der Waals surface area contributed by atoms with Crippen molar-refractivity contribution in [2.75, 3.05) is 0 Å². The van der Waals surface area contributed by atoms with E-state index in [0.29, 0.717) is 5.56 Å². The molecule has 0 heterocycles. The van der Waals surface area contributed by atoms with E-state index in [-0.39, 0.29) is 11.8 Å². The minimum absolute atomic E-state index is 0.214. The highest BCUT2D eigenvalue weighted by atomic mass is 19.4. The third-order valence-electron chi connectivity index (χ3n) is 2.89. The molecular formula is C14H20F3NO. The molecule has 2 nitrogen and oxygen atoms in total. The number of alkyl halides is 3. The van der Waals surface area contributed by atoms with Crippen LogP contribution in [-0.4, -0.2) is 6.36 Å². The quantitative estimate of drug-likeness (QED) is 0.740. The van der Waals surface area contributed by atoms with Crippen molar-refractivity contribution >= 4 is 0 Å². The molecule has 0 fully saturated rings. The van der Waals surface area contributed by atoms with Gasteiger partial charge in [0.2, 0.25) is 0 Å². The maximum Gasteiger partial charge on any atom is 0.573 e. The van der Waals surface area contributed by atoms with Crippen molar-refractivity contribution in [3.8, 4) is 5.75 Å². The lowest BCUT2D eigenvalue weighted by Crippen LogP contribution is -2.17. The third kappa shape index (κ3) is 6.47. The van der Waals surface area contributed by atoms with Gasteiger partial charge < -0.3 is 10.5 Å². The summed E-state index contributed by atoms with van der Waals surface area (Å²) in [5.41, 5.74) is 6.65. The van der Waals surface area contributed by atoms with Gasteiger partial charge in [0, 0.05) is 6.04 Å². The number of hydrogen-bond acceptors (Lipinski definition) is 2. The molecule has 1 atom stereocenters. The summed E-state index contributed by atoms with van der Waals surface area (Å²) in [6.45, 7) is 2.12. The standard InChI is InChI=1S/C14H20F3NO/c1-2-3-4-5-9-13(18)11-7-6-8-12(10-11)19-14(15,16)17/h6-8,10,13H,2-5,9,18H2,1H3. The number of nitrogens with two attached hydrogens (primary N) is 1. The van der Waals surface area contributed by atoms with Gasteiger partial charge in [0.25, 0.3) is 0 Å². The number of ether oxygens (including phenoxy) is 1. The molecule has 0 aliphatic heterocycles. The van der Waals surface area contributed by atoms with Gasteiger partial charge >= 0.3 is 6.36 Å². The molecule has 1 rings (SSSR count). The zero-order chi connectivity index (χ0) is 14.3. The normalized spacial score (nSPS) is 13.3. The van der Waals surface area contributed by atoms with Crippen molar-refractivity contribution in [2.24, 2.45) is 5.73 Å². The first kappa shape index (κ1) is 15.8. The van der Waals surface area contributed by atoms with Gasteiger partial charge in [-0.15, -0.1) is 13.2 Å². The fourth-order valence-corrected chi connectivity index (χ4v) is 1.90. The van der Waals surface area contributed by atoms with Crippen molar-refractivity contribution < 1.29 is 17.9 Å². The van der Waals surface area contributed by atoms with Gasteiger partial charge in [-0.2, -0.15) is 0 Å². The van der Waals surface area contributed by atoms with Crippen LogP contribution in [0.15, 0.2) is 24.3 Å². The van der Waals surface area contributed by atoms with Crippen molar-refractivity contribution in [2.45, 2.75) is 51.4 Å². The Labute approximate surface area is 111 Å². The lowest BCUT2D eigenvalue weighted by atomic mass is 10.0. The molecule has 1 unspecified atom stereocenters. The van der Waals surface area contributed by atoms with E-state index in [1.165, 1.54) is 18.2 Å². The molecule has 0 spiro atoms. The molecule has 0 saturated carbocycles. The summed E-state index contributed by atoms with van der Waals surface area (Å²) in [6.07, 6.45) is 0.496. The first-order valence-electron chi connectivity index (χ1n) is 6.53. The summed E-state index contributed by atoms with van der Waals surface area (Å²) in [6, 6.07) is 5.66. The molecule has 0 aliphatic rings. The molecule has 0 saturated heterocycles. The summed E-state index contributed by atoms with van der Waals surface area (Å²) in [4.78, 5) is 0. The molecule has 1 aromatic carbocycles. The molecule has 108 valence electrons. The Morgan fingerprint density at radius 2 is 1.95 bits per heavy atom. The predicted molar refractivity (Wildman–Crippen MR) is 68.8 cm³/mol. The second-order valence-corrected chi connectivity index (χ2v) is 4.58. The smallest absolute Gasteiger partial charge is 0.406 e. The average molecular weight is 275 g/mol. The van der Waals surface area contributed by atoms with Crippen LogP contribution in [0.25, 0.3) is 0 Å². The fraction of sp³-hybridized carbons (Fsp3) is 0.571. The molecule has 0 bridgehead atoms. The second-order valence-electron chi connectivity index (χ2n) is 4.58. The summed E-state index contributed by atoms with van der Waals surface area (Å²) in [7, 11) is 0. The lowest BCUT2D eigenvalue weighted by molar-refractivity contribution is -0.274. The number of halogens is 3. The van der Waals surface area contributed by atoms with Crippen LogP contribution >= 0.6 is 0 Å². The van der Waals surface area contributed by atoms with Crippen LogP contribution in [0.2, 0.25) is 0 Å². The highest BCUT2D eigenvalue weighted by molar-refractivity contribution is 5.30. The highest BCUT2D eigenvalue weighted by Gasteiger charge is 2.31. The van der Waals surface area contributed by atoms with Gasteiger partial charge in [0.05, 0.1) is 0 Å². The van der Waals surface area contributed by atoms with Crippen LogP contribution < -0.4 is 10.5 Å². The molecular weight excluding hydrogens is 255 g/mol. The minimum Gasteiger partial charge on any atom is -0.406 e. The molecule has 0 aliphatic carbocycles. The van der Waals surface area contributed by atoms with E-state index in [1.807, 2.05) is 0 Å².